The molecule has 18 nitrogen and oxygen atoms in total. The minimum absolute atomic E-state index is 0.0540. The molecule has 0 aromatic carbocycles. The minimum atomic E-state index is -1.77. The van der Waals surface area contributed by atoms with Crippen LogP contribution in [-0.2, 0) is 33.2 Å². The van der Waals surface area contributed by atoms with Gasteiger partial charge in [-0.25, -0.2) is 0 Å². The number of fused-ring (bicyclic) bond motifs is 7. The Morgan fingerprint density at radius 3 is 1.77 bits per heavy atom. The topological polar surface area (TPSA) is 295 Å². The largest absolute Gasteiger partial charge is 0.432 e. The maximum Gasteiger partial charge on any atom is 0.315 e. The normalized spacial score (nSPS) is 53.3. The first-order valence-electron chi connectivity index (χ1n) is 24.3. The van der Waals surface area contributed by atoms with Gasteiger partial charge in [-0.3, -0.25) is 4.79 Å². The van der Waals surface area contributed by atoms with Gasteiger partial charge in [-0.05, 0) is 109 Å². The van der Waals surface area contributed by atoms with Crippen molar-refractivity contribution in [2.24, 2.45) is 50.2 Å². The van der Waals surface area contributed by atoms with Crippen molar-refractivity contribution in [3.63, 3.8) is 0 Å². The second-order valence-corrected chi connectivity index (χ2v) is 23.5. The predicted molar refractivity (Wildman–Crippen MR) is 230 cm³/mol. The van der Waals surface area contributed by atoms with Crippen LogP contribution in [0.25, 0.3) is 0 Å². The quantitative estimate of drug-likeness (QED) is 0.0833. The molecule has 0 amide bonds. The molecule has 0 spiro atoms. The van der Waals surface area contributed by atoms with Gasteiger partial charge in [-0.1, -0.05) is 60.1 Å². The van der Waals surface area contributed by atoms with Crippen molar-refractivity contribution in [2.45, 2.75) is 211 Å². The van der Waals surface area contributed by atoms with Gasteiger partial charge in [0, 0.05) is 0 Å². The fourth-order valence-corrected chi connectivity index (χ4v) is 15.0. The molecule has 0 radical (unpaired) electrons. The highest BCUT2D eigenvalue weighted by Gasteiger charge is 2.70. The third kappa shape index (κ3) is 7.87. The van der Waals surface area contributed by atoms with Crippen LogP contribution in [0.1, 0.15) is 113 Å². The van der Waals surface area contributed by atoms with E-state index in [4.69, 9.17) is 28.4 Å². The number of rotatable bonds is 9. The Morgan fingerprint density at radius 2 is 1.15 bits per heavy atom. The maximum absolute atomic E-state index is 14.7. The SMILES string of the molecule is CC1(C)CC[C@]2(C(=O)O[C@@H]3O[C@H](CO)[C@@H](O)[C@H](O)[C@H]3O)CC[C@]3(C)C(=CC[C@@H]4[C@]5(C)CC[C@H](O[C@@H]6O[C@H](CO)[C@@H](O[C@@H]7O[C@H](CO)[C@H](O)[C@H](O)[C@H]7O)[C@H](O)[C@H]6O)C(C)(C)[C@@H]5CC[C@@]43C)[C@H]2C1. The third-order valence-electron chi connectivity index (χ3n) is 19.3. The fraction of sp³-hybridized carbons (Fsp3) is 0.938. The fourth-order valence-electron chi connectivity index (χ4n) is 15.0. The molecule has 0 unspecified atom stereocenters. The Labute approximate surface area is 387 Å². The molecule has 11 N–H and O–H groups in total. The lowest BCUT2D eigenvalue weighted by atomic mass is 9.33. The molecule has 3 saturated heterocycles. The van der Waals surface area contributed by atoms with Gasteiger partial charge in [0.15, 0.2) is 12.6 Å². The summed E-state index contributed by atoms with van der Waals surface area (Å²) in [6.07, 6.45) is -13.5. The number of hydrogen-bond donors (Lipinski definition) is 11. The standard InChI is InChI=1S/C48H78O18/c1-43(2)14-16-48(42(60)66-41-36(58)33(55)31(53)25(20-50)62-41)17-15-46(6)22(23(48)18-43)8-9-28-45(5)12-11-29(44(3,4)27(45)10-13-47(28,46)7)64-39-37(59)34(56)38(26(21-51)63-39)65-40-35(57)32(54)30(52)24(19-49)61-40/h8,23-41,49-59H,9-21H2,1-7H3/t23-,24-,25-,26-,27+,28-,29+,30+,31-,32+,33+,34-,35-,36-,37-,38-,39+,40+,41+,45-,46-,47+,48+/m1/s1. The number of carbonyl (C=O) groups is 1. The van der Waals surface area contributed by atoms with E-state index in [1.165, 1.54) is 5.57 Å². The van der Waals surface area contributed by atoms with Gasteiger partial charge >= 0.3 is 5.97 Å². The second kappa shape index (κ2) is 18.0. The van der Waals surface area contributed by atoms with E-state index in [-0.39, 0.29) is 39.4 Å². The monoisotopic (exact) mass is 943 g/mol. The molecule has 18 heteroatoms. The highest BCUT2D eigenvalue weighted by molar-refractivity contribution is 5.79. The highest BCUT2D eigenvalue weighted by Crippen LogP contribution is 2.76. The number of allylic oxidation sites excluding steroid dienone is 2. The Balaban J connectivity index is 0.998. The second-order valence-electron chi connectivity index (χ2n) is 23.5. The minimum Gasteiger partial charge on any atom is -0.432 e. The van der Waals surface area contributed by atoms with Gasteiger partial charge in [-0.2, -0.15) is 0 Å². The van der Waals surface area contributed by atoms with Crippen molar-refractivity contribution in [3.05, 3.63) is 11.6 Å². The zero-order valence-electron chi connectivity index (χ0n) is 39.5. The summed E-state index contributed by atoms with van der Waals surface area (Å²) in [7, 11) is 0. The first-order valence-corrected chi connectivity index (χ1v) is 24.3. The predicted octanol–water partition coefficient (Wildman–Crippen LogP) is 0.141. The molecule has 0 aromatic heterocycles. The Hall–Kier alpha value is -1.43. The summed E-state index contributed by atoms with van der Waals surface area (Å²) in [4.78, 5) is 14.7. The molecule has 378 valence electrons. The summed E-state index contributed by atoms with van der Waals surface area (Å²) in [6, 6.07) is 0. The van der Waals surface area contributed by atoms with Crippen LogP contribution in [0.2, 0.25) is 0 Å². The Morgan fingerprint density at radius 1 is 0.606 bits per heavy atom. The van der Waals surface area contributed by atoms with E-state index in [2.05, 4.69) is 54.5 Å². The zero-order chi connectivity index (χ0) is 48.3. The van der Waals surface area contributed by atoms with Crippen LogP contribution in [0.5, 0.6) is 0 Å². The lowest BCUT2D eigenvalue weighted by molar-refractivity contribution is -0.368. The van der Waals surface area contributed by atoms with Crippen LogP contribution in [0, 0.1) is 50.2 Å². The van der Waals surface area contributed by atoms with Crippen molar-refractivity contribution < 1.29 is 89.4 Å². The molecule has 5 aliphatic carbocycles. The number of carbonyl (C=O) groups excluding carboxylic acids is 1. The number of aliphatic hydroxyl groups is 11. The van der Waals surface area contributed by atoms with Crippen LogP contribution in [-0.4, -0.2) is 180 Å². The number of hydrogen-bond acceptors (Lipinski definition) is 18. The van der Waals surface area contributed by atoms with E-state index in [1.807, 2.05) is 0 Å². The van der Waals surface area contributed by atoms with Gasteiger partial charge in [0.25, 0.3) is 0 Å². The van der Waals surface area contributed by atoms with E-state index in [0.717, 1.165) is 44.9 Å². The molecule has 8 aliphatic rings. The Bertz CT molecular complexity index is 1790. The molecule has 23 atom stereocenters. The van der Waals surface area contributed by atoms with Crippen LogP contribution in [0.4, 0.5) is 0 Å². The van der Waals surface area contributed by atoms with E-state index < -0.39 is 135 Å². The lowest BCUT2D eigenvalue weighted by Gasteiger charge is -2.71. The van der Waals surface area contributed by atoms with Crippen LogP contribution < -0.4 is 0 Å². The van der Waals surface area contributed by atoms with Crippen molar-refractivity contribution in [1.29, 1.82) is 0 Å². The van der Waals surface area contributed by atoms with Crippen molar-refractivity contribution in [2.75, 3.05) is 19.8 Å². The van der Waals surface area contributed by atoms with Crippen molar-refractivity contribution in [1.82, 2.24) is 0 Å². The molecular weight excluding hydrogens is 865 g/mol. The van der Waals surface area contributed by atoms with Crippen molar-refractivity contribution >= 4 is 5.97 Å². The van der Waals surface area contributed by atoms with Gasteiger partial charge in [0.05, 0.1) is 31.3 Å². The average molecular weight is 943 g/mol. The molecule has 3 heterocycles. The van der Waals surface area contributed by atoms with Crippen LogP contribution >= 0.6 is 0 Å². The summed E-state index contributed by atoms with van der Waals surface area (Å²) in [5, 5.41) is 115. The lowest BCUT2D eigenvalue weighted by Crippen LogP contribution is -2.67. The highest BCUT2D eigenvalue weighted by atomic mass is 16.7. The summed E-state index contributed by atoms with van der Waals surface area (Å²) in [6.45, 7) is 14.1. The summed E-state index contributed by atoms with van der Waals surface area (Å²) in [5.74, 6) is -0.157. The van der Waals surface area contributed by atoms with Crippen LogP contribution in [0.15, 0.2) is 11.6 Å². The van der Waals surface area contributed by atoms with Crippen LogP contribution in [0.3, 0.4) is 0 Å². The smallest absolute Gasteiger partial charge is 0.315 e. The van der Waals surface area contributed by atoms with Gasteiger partial charge in [-0.15, -0.1) is 0 Å². The molecule has 0 aromatic rings. The average Bonchev–Trinajstić information content (AvgIpc) is 3.27. The van der Waals surface area contributed by atoms with Crippen molar-refractivity contribution in [3.8, 4) is 0 Å². The molecule has 7 fully saturated rings. The molecule has 0 bridgehead atoms. The Kier molecular flexibility index (Phi) is 13.9. The zero-order valence-corrected chi connectivity index (χ0v) is 39.5. The summed E-state index contributed by atoms with van der Waals surface area (Å²) in [5.41, 5.74) is -0.613. The van der Waals surface area contributed by atoms with Gasteiger partial charge in [0.2, 0.25) is 6.29 Å². The van der Waals surface area contributed by atoms with E-state index >= 15 is 0 Å². The molecule has 8 rings (SSSR count). The number of esters is 1. The van der Waals surface area contributed by atoms with E-state index in [9.17, 15) is 61.0 Å². The maximum atomic E-state index is 14.7. The van der Waals surface area contributed by atoms with E-state index in [1.54, 1.807) is 0 Å². The van der Waals surface area contributed by atoms with Gasteiger partial charge < -0.3 is 84.6 Å². The first-order chi connectivity index (χ1) is 30.9. The first kappa shape index (κ1) is 50.9. The number of aliphatic hydroxyl groups excluding tert-OH is 11. The van der Waals surface area contributed by atoms with E-state index in [0.29, 0.717) is 19.3 Å². The number of ether oxygens (including phenoxy) is 6. The summed E-state index contributed by atoms with van der Waals surface area (Å²) < 4.78 is 35.6. The van der Waals surface area contributed by atoms with Gasteiger partial charge in [0.1, 0.15) is 73.2 Å². The molecule has 4 saturated carbocycles. The molecule has 3 aliphatic heterocycles. The molecular formula is C48H78O18. The summed E-state index contributed by atoms with van der Waals surface area (Å²) >= 11 is 0. The third-order valence-corrected chi connectivity index (χ3v) is 19.3. The molecule has 66 heavy (non-hydrogen) atoms.